The summed E-state index contributed by atoms with van der Waals surface area (Å²) in [5.74, 6) is 0.0647. The molecule has 0 saturated carbocycles. The number of hydrogen-bond acceptors (Lipinski definition) is 4. The molecule has 0 bridgehead atoms. The van der Waals surface area contributed by atoms with E-state index in [1.54, 1.807) is 18.2 Å². The minimum Gasteiger partial charge on any atom is -0.380 e. The maximum absolute atomic E-state index is 12.8. The van der Waals surface area contributed by atoms with E-state index >= 15 is 0 Å². The standard InChI is InChI=1S/C22H25Cl2N5O/c1-2-14-11-27-22-19(5-6-25-22)21(14)28-17-4-3-7-29(13-17)20(30)12-26-18-9-15(23)8-16(24)10-18/h5-6,8-11,17,26H,2-4,7,12-13H2,1H3,(H2,25,27,28). The van der Waals surface area contributed by atoms with Crippen LogP contribution in [0.25, 0.3) is 11.0 Å². The Hall–Kier alpha value is -2.44. The first-order valence-electron chi connectivity index (χ1n) is 10.2. The van der Waals surface area contributed by atoms with Gasteiger partial charge in [-0.3, -0.25) is 4.79 Å². The van der Waals surface area contributed by atoms with Crippen molar-refractivity contribution in [1.29, 1.82) is 0 Å². The van der Waals surface area contributed by atoms with Gasteiger partial charge in [-0.1, -0.05) is 30.1 Å². The van der Waals surface area contributed by atoms with Crippen molar-refractivity contribution in [2.24, 2.45) is 0 Å². The van der Waals surface area contributed by atoms with Crippen LogP contribution in [0.5, 0.6) is 0 Å². The molecule has 1 aliphatic heterocycles. The number of aromatic amines is 1. The van der Waals surface area contributed by atoms with Crippen LogP contribution >= 0.6 is 23.2 Å². The highest BCUT2D eigenvalue weighted by molar-refractivity contribution is 6.35. The summed E-state index contributed by atoms with van der Waals surface area (Å²) < 4.78 is 0. The molecule has 1 atom stereocenters. The smallest absolute Gasteiger partial charge is 0.241 e. The van der Waals surface area contributed by atoms with Crippen molar-refractivity contribution in [3.8, 4) is 0 Å². The topological polar surface area (TPSA) is 73.0 Å². The summed E-state index contributed by atoms with van der Waals surface area (Å²) >= 11 is 12.1. The second-order valence-electron chi connectivity index (χ2n) is 7.59. The molecule has 1 saturated heterocycles. The molecule has 1 amide bonds. The van der Waals surface area contributed by atoms with Crippen LogP contribution in [-0.2, 0) is 11.2 Å². The predicted octanol–water partition coefficient (Wildman–Crippen LogP) is 4.95. The van der Waals surface area contributed by atoms with E-state index in [0.29, 0.717) is 16.6 Å². The number of carbonyl (C=O) groups is 1. The van der Waals surface area contributed by atoms with Gasteiger partial charge in [-0.15, -0.1) is 0 Å². The van der Waals surface area contributed by atoms with Gasteiger partial charge in [-0.2, -0.15) is 0 Å². The molecule has 0 radical (unpaired) electrons. The van der Waals surface area contributed by atoms with Crippen molar-refractivity contribution in [3.63, 3.8) is 0 Å². The number of nitrogens with one attached hydrogen (secondary N) is 3. The number of aromatic nitrogens is 2. The number of rotatable bonds is 6. The summed E-state index contributed by atoms with van der Waals surface area (Å²) in [5.41, 5.74) is 3.93. The SMILES string of the molecule is CCc1cnc2[nH]ccc2c1NC1CCCN(C(=O)CNc2cc(Cl)cc(Cl)c2)C1. The fraction of sp³-hybridized carbons (Fsp3) is 0.364. The van der Waals surface area contributed by atoms with E-state index in [2.05, 4.69) is 33.6 Å². The van der Waals surface area contributed by atoms with Gasteiger partial charge in [0, 0.05) is 52.6 Å². The molecule has 3 heterocycles. The summed E-state index contributed by atoms with van der Waals surface area (Å²) in [6.45, 7) is 3.78. The van der Waals surface area contributed by atoms with E-state index in [1.165, 1.54) is 5.56 Å². The minimum atomic E-state index is 0.0647. The van der Waals surface area contributed by atoms with Gasteiger partial charge in [0.05, 0.1) is 12.2 Å². The third-order valence-corrected chi connectivity index (χ3v) is 5.91. The van der Waals surface area contributed by atoms with Crippen LogP contribution in [-0.4, -0.2) is 46.5 Å². The van der Waals surface area contributed by atoms with Gasteiger partial charge in [0.1, 0.15) is 5.65 Å². The molecular formula is C22H25Cl2N5O. The van der Waals surface area contributed by atoms with E-state index in [0.717, 1.165) is 48.2 Å². The Morgan fingerprint density at radius 2 is 2.10 bits per heavy atom. The number of fused-ring (bicyclic) bond motifs is 1. The maximum atomic E-state index is 12.8. The largest absolute Gasteiger partial charge is 0.380 e. The summed E-state index contributed by atoms with van der Waals surface area (Å²) in [6, 6.07) is 7.45. The third kappa shape index (κ3) is 4.65. The highest BCUT2D eigenvalue weighted by Gasteiger charge is 2.24. The molecule has 1 aliphatic rings. The van der Waals surface area contributed by atoms with Gasteiger partial charge >= 0.3 is 0 Å². The van der Waals surface area contributed by atoms with E-state index in [9.17, 15) is 4.79 Å². The molecule has 1 unspecified atom stereocenters. The van der Waals surface area contributed by atoms with Gasteiger partial charge in [-0.05, 0) is 49.1 Å². The van der Waals surface area contributed by atoms with Crippen LogP contribution in [0.2, 0.25) is 10.0 Å². The predicted molar refractivity (Wildman–Crippen MR) is 124 cm³/mol. The summed E-state index contributed by atoms with van der Waals surface area (Å²) in [6.07, 6.45) is 6.73. The highest BCUT2D eigenvalue weighted by Crippen LogP contribution is 2.28. The third-order valence-electron chi connectivity index (χ3n) is 5.47. The molecule has 1 aromatic carbocycles. The van der Waals surface area contributed by atoms with Crippen LogP contribution in [0.4, 0.5) is 11.4 Å². The first-order chi connectivity index (χ1) is 14.5. The van der Waals surface area contributed by atoms with E-state index in [1.807, 2.05) is 17.3 Å². The molecule has 8 heteroatoms. The monoisotopic (exact) mass is 445 g/mol. The fourth-order valence-electron chi connectivity index (χ4n) is 3.96. The zero-order chi connectivity index (χ0) is 21.1. The van der Waals surface area contributed by atoms with Gasteiger partial charge < -0.3 is 20.5 Å². The van der Waals surface area contributed by atoms with Gasteiger partial charge in [0.2, 0.25) is 5.91 Å². The molecule has 30 heavy (non-hydrogen) atoms. The lowest BCUT2D eigenvalue weighted by atomic mass is 10.0. The van der Waals surface area contributed by atoms with E-state index in [-0.39, 0.29) is 18.5 Å². The van der Waals surface area contributed by atoms with Gasteiger partial charge in [0.25, 0.3) is 0 Å². The number of amides is 1. The second kappa shape index (κ2) is 9.14. The van der Waals surface area contributed by atoms with Crippen molar-refractivity contribution in [2.45, 2.75) is 32.2 Å². The molecule has 1 fully saturated rings. The molecular weight excluding hydrogens is 421 g/mol. The van der Waals surface area contributed by atoms with Crippen molar-refractivity contribution in [1.82, 2.24) is 14.9 Å². The van der Waals surface area contributed by atoms with Crippen molar-refractivity contribution in [2.75, 3.05) is 30.3 Å². The number of benzene rings is 1. The molecule has 2 aromatic heterocycles. The number of piperidine rings is 1. The van der Waals surface area contributed by atoms with E-state index in [4.69, 9.17) is 23.2 Å². The number of carbonyl (C=O) groups excluding carboxylic acids is 1. The fourth-order valence-corrected chi connectivity index (χ4v) is 4.48. The molecule has 4 rings (SSSR count). The number of anilines is 2. The van der Waals surface area contributed by atoms with Gasteiger partial charge in [-0.25, -0.2) is 4.98 Å². The number of pyridine rings is 1. The summed E-state index contributed by atoms with van der Waals surface area (Å²) in [5, 5.41) is 9.01. The quantitative estimate of drug-likeness (QED) is 0.501. The zero-order valence-corrected chi connectivity index (χ0v) is 18.4. The van der Waals surface area contributed by atoms with E-state index < -0.39 is 0 Å². The van der Waals surface area contributed by atoms with Crippen LogP contribution in [0.3, 0.4) is 0 Å². The molecule has 158 valence electrons. The molecule has 0 aliphatic carbocycles. The number of aryl methyl sites for hydroxylation is 1. The average molecular weight is 446 g/mol. The average Bonchev–Trinajstić information content (AvgIpc) is 3.21. The van der Waals surface area contributed by atoms with Crippen molar-refractivity contribution >= 4 is 51.5 Å². The normalized spacial score (nSPS) is 16.6. The molecule has 3 aromatic rings. The Labute approximate surface area is 186 Å². The lowest BCUT2D eigenvalue weighted by Gasteiger charge is -2.34. The lowest BCUT2D eigenvalue weighted by Crippen LogP contribution is -2.47. The number of H-pyrrole nitrogens is 1. The molecule has 6 nitrogen and oxygen atoms in total. The Bertz CT molecular complexity index is 1030. The Kier molecular flexibility index (Phi) is 6.35. The van der Waals surface area contributed by atoms with Crippen molar-refractivity contribution < 1.29 is 4.79 Å². The highest BCUT2D eigenvalue weighted by atomic mass is 35.5. The minimum absolute atomic E-state index is 0.0647. The van der Waals surface area contributed by atoms with Crippen LogP contribution in [0.1, 0.15) is 25.3 Å². The number of hydrogen-bond donors (Lipinski definition) is 3. The Morgan fingerprint density at radius 3 is 2.87 bits per heavy atom. The number of halogens is 2. The van der Waals surface area contributed by atoms with Crippen LogP contribution in [0, 0.1) is 0 Å². The molecule has 0 spiro atoms. The second-order valence-corrected chi connectivity index (χ2v) is 8.46. The maximum Gasteiger partial charge on any atom is 0.241 e. The molecule has 3 N–H and O–H groups in total. The summed E-state index contributed by atoms with van der Waals surface area (Å²) in [7, 11) is 0. The number of nitrogens with zero attached hydrogens (tertiary/aromatic N) is 2. The van der Waals surface area contributed by atoms with Crippen LogP contribution in [0.15, 0.2) is 36.7 Å². The van der Waals surface area contributed by atoms with Crippen molar-refractivity contribution in [3.05, 3.63) is 52.3 Å². The number of likely N-dealkylation sites (tertiary alicyclic amines) is 1. The van der Waals surface area contributed by atoms with Crippen LogP contribution < -0.4 is 10.6 Å². The lowest BCUT2D eigenvalue weighted by molar-refractivity contribution is -0.130. The first-order valence-corrected chi connectivity index (χ1v) is 11.0. The zero-order valence-electron chi connectivity index (χ0n) is 16.8. The Morgan fingerprint density at radius 1 is 1.30 bits per heavy atom. The summed E-state index contributed by atoms with van der Waals surface area (Å²) in [4.78, 5) is 22.4. The van der Waals surface area contributed by atoms with Gasteiger partial charge in [0.15, 0.2) is 0 Å². The Balaban J connectivity index is 1.41. The first kappa shape index (κ1) is 20.8.